The van der Waals surface area contributed by atoms with E-state index in [1.54, 1.807) is 17.3 Å². The quantitative estimate of drug-likeness (QED) is 0.685. The van der Waals surface area contributed by atoms with Crippen LogP contribution in [0.3, 0.4) is 0 Å². The number of hydrogen-bond donors (Lipinski definition) is 1. The largest absolute Gasteiger partial charge is 0.416 e. The number of alkyl halides is 3. The summed E-state index contributed by atoms with van der Waals surface area (Å²) in [6.45, 7) is 1.99. The van der Waals surface area contributed by atoms with Crippen molar-refractivity contribution in [1.29, 1.82) is 0 Å². The van der Waals surface area contributed by atoms with Crippen molar-refractivity contribution in [2.75, 3.05) is 36.4 Å². The average molecular weight is 428 g/mol. The third-order valence-corrected chi connectivity index (χ3v) is 4.95. The number of hydrogen-bond acceptors (Lipinski definition) is 6. The highest BCUT2D eigenvalue weighted by molar-refractivity contribution is 5.94. The lowest BCUT2D eigenvalue weighted by atomic mass is 10.1. The Kier molecular flexibility index (Phi) is 5.70. The van der Waals surface area contributed by atoms with Crippen LogP contribution in [-0.2, 0) is 6.18 Å². The average Bonchev–Trinajstić information content (AvgIpc) is 2.79. The smallest absolute Gasteiger partial charge is 0.352 e. The molecule has 1 saturated heterocycles. The van der Waals surface area contributed by atoms with Gasteiger partial charge in [-0.3, -0.25) is 9.78 Å². The van der Waals surface area contributed by atoms with Gasteiger partial charge in [-0.25, -0.2) is 0 Å². The first kappa shape index (κ1) is 20.6. The monoisotopic (exact) mass is 428 g/mol. The van der Waals surface area contributed by atoms with Crippen LogP contribution in [0.15, 0.2) is 60.9 Å². The number of nitrogens with one attached hydrogen (secondary N) is 1. The van der Waals surface area contributed by atoms with E-state index >= 15 is 0 Å². The van der Waals surface area contributed by atoms with Gasteiger partial charge in [-0.05, 0) is 48.5 Å². The van der Waals surface area contributed by atoms with Gasteiger partial charge >= 0.3 is 6.18 Å². The number of pyridine rings is 1. The summed E-state index contributed by atoms with van der Waals surface area (Å²) in [4.78, 5) is 20.2. The van der Waals surface area contributed by atoms with Crippen LogP contribution in [-0.4, -0.2) is 52.2 Å². The molecular weight excluding hydrogens is 409 g/mol. The first-order chi connectivity index (χ1) is 14.9. The van der Waals surface area contributed by atoms with Crippen LogP contribution in [0.1, 0.15) is 15.9 Å². The number of amides is 1. The van der Waals surface area contributed by atoms with E-state index in [1.165, 1.54) is 12.1 Å². The first-order valence-electron chi connectivity index (χ1n) is 9.62. The van der Waals surface area contributed by atoms with Crippen LogP contribution in [0, 0.1) is 0 Å². The van der Waals surface area contributed by atoms with E-state index in [2.05, 4.69) is 20.5 Å². The molecule has 160 valence electrons. The molecule has 0 saturated carbocycles. The molecule has 1 fully saturated rings. The second kappa shape index (κ2) is 8.58. The number of rotatable bonds is 4. The fourth-order valence-corrected chi connectivity index (χ4v) is 3.27. The third-order valence-electron chi connectivity index (χ3n) is 4.95. The van der Waals surface area contributed by atoms with Crippen molar-refractivity contribution in [2.24, 2.45) is 0 Å². The molecule has 0 atom stereocenters. The molecule has 10 heteroatoms. The molecule has 3 heterocycles. The highest BCUT2D eigenvalue weighted by atomic mass is 19.4. The molecule has 1 aliphatic heterocycles. The van der Waals surface area contributed by atoms with E-state index in [0.717, 1.165) is 17.8 Å². The van der Waals surface area contributed by atoms with E-state index in [1.807, 2.05) is 29.2 Å². The van der Waals surface area contributed by atoms with Gasteiger partial charge in [-0.1, -0.05) is 0 Å². The van der Waals surface area contributed by atoms with Gasteiger partial charge in [0.1, 0.15) is 0 Å². The van der Waals surface area contributed by atoms with E-state index in [4.69, 9.17) is 0 Å². The van der Waals surface area contributed by atoms with Gasteiger partial charge in [0.15, 0.2) is 11.6 Å². The molecule has 1 amide bonds. The lowest BCUT2D eigenvalue weighted by molar-refractivity contribution is -0.137. The van der Waals surface area contributed by atoms with Crippen LogP contribution in [0.4, 0.5) is 30.5 Å². The maximum absolute atomic E-state index is 12.7. The molecule has 0 spiro atoms. The number of benzene rings is 1. The van der Waals surface area contributed by atoms with E-state index in [-0.39, 0.29) is 11.5 Å². The van der Waals surface area contributed by atoms with Crippen molar-refractivity contribution in [3.05, 3.63) is 72.1 Å². The normalized spacial score (nSPS) is 14.4. The Labute approximate surface area is 176 Å². The zero-order valence-corrected chi connectivity index (χ0v) is 16.4. The molecule has 1 N–H and O–H groups in total. The lowest BCUT2D eigenvalue weighted by Gasteiger charge is -2.35. The molecule has 7 nitrogen and oxygen atoms in total. The summed E-state index contributed by atoms with van der Waals surface area (Å²) >= 11 is 0. The maximum atomic E-state index is 12.7. The number of halogens is 3. The Balaban J connectivity index is 1.33. The predicted molar refractivity (Wildman–Crippen MR) is 109 cm³/mol. The van der Waals surface area contributed by atoms with E-state index in [0.29, 0.717) is 37.8 Å². The van der Waals surface area contributed by atoms with E-state index < -0.39 is 11.7 Å². The molecule has 2 aromatic heterocycles. The zero-order chi connectivity index (χ0) is 21.8. The number of carbonyl (C=O) groups is 1. The highest BCUT2D eigenvalue weighted by Gasteiger charge is 2.30. The number of anilines is 3. The Morgan fingerprint density at radius 3 is 2.13 bits per heavy atom. The van der Waals surface area contributed by atoms with Gasteiger partial charge in [-0.2, -0.15) is 13.2 Å². The van der Waals surface area contributed by atoms with Crippen LogP contribution >= 0.6 is 0 Å². The number of piperazine rings is 1. The number of carbonyl (C=O) groups excluding carboxylic acids is 1. The molecule has 1 aliphatic rings. The molecule has 0 aliphatic carbocycles. The summed E-state index contributed by atoms with van der Waals surface area (Å²) in [5.41, 5.74) is 0.328. The van der Waals surface area contributed by atoms with Gasteiger partial charge in [-0.15, -0.1) is 10.2 Å². The van der Waals surface area contributed by atoms with Gasteiger partial charge in [0, 0.05) is 49.8 Å². The number of nitrogens with zero attached hydrogens (tertiary/aromatic N) is 5. The van der Waals surface area contributed by atoms with Gasteiger partial charge in [0.25, 0.3) is 5.91 Å². The minimum absolute atomic E-state index is 0.243. The highest BCUT2D eigenvalue weighted by Crippen LogP contribution is 2.29. The Morgan fingerprint density at radius 1 is 0.871 bits per heavy atom. The number of aromatic nitrogens is 3. The van der Waals surface area contributed by atoms with Crippen LogP contribution < -0.4 is 10.2 Å². The second-order valence-electron chi connectivity index (χ2n) is 6.99. The van der Waals surface area contributed by atoms with Crippen molar-refractivity contribution < 1.29 is 18.0 Å². The Bertz CT molecular complexity index is 1020. The Hall–Kier alpha value is -3.69. The molecule has 4 rings (SSSR count). The topological polar surface area (TPSA) is 74.2 Å². The van der Waals surface area contributed by atoms with Crippen LogP contribution in [0.2, 0.25) is 0 Å². The van der Waals surface area contributed by atoms with Crippen molar-refractivity contribution in [2.45, 2.75) is 6.18 Å². The third kappa shape index (κ3) is 4.90. The summed E-state index contributed by atoms with van der Waals surface area (Å²) < 4.78 is 38.1. The van der Waals surface area contributed by atoms with Crippen molar-refractivity contribution in [3.8, 4) is 0 Å². The zero-order valence-electron chi connectivity index (χ0n) is 16.4. The van der Waals surface area contributed by atoms with Crippen LogP contribution in [0.25, 0.3) is 0 Å². The summed E-state index contributed by atoms with van der Waals surface area (Å²) in [6.07, 6.45) is -1.07. The fraction of sp³-hybridized carbons (Fsp3) is 0.238. The fourth-order valence-electron chi connectivity index (χ4n) is 3.27. The molecule has 0 unspecified atom stereocenters. The van der Waals surface area contributed by atoms with Crippen molar-refractivity contribution in [1.82, 2.24) is 20.1 Å². The van der Waals surface area contributed by atoms with E-state index in [9.17, 15) is 18.0 Å². The minimum atomic E-state index is -4.42. The first-order valence-corrected chi connectivity index (χ1v) is 9.62. The Morgan fingerprint density at radius 2 is 1.55 bits per heavy atom. The molecule has 1 aromatic carbocycles. The van der Waals surface area contributed by atoms with Crippen molar-refractivity contribution in [3.63, 3.8) is 0 Å². The maximum Gasteiger partial charge on any atom is 0.416 e. The van der Waals surface area contributed by atoms with Crippen LogP contribution in [0.5, 0.6) is 0 Å². The molecule has 31 heavy (non-hydrogen) atoms. The summed E-state index contributed by atoms with van der Waals surface area (Å²) in [5, 5.41) is 11.6. The molecular formula is C21H19F3N6O. The second-order valence-corrected chi connectivity index (χ2v) is 6.99. The van der Waals surface area contributed by atoms with Crippen molar-refractivity contribution >= 4 is 23.2 Å². The van der Waals surface area contributed by atoms with Gasteiger partial charge in [0.05, 0.1) is 5.56 Å². The lowest BCUT2D eigenvalue weighted by Crippen LogP contribution is -2.49. The summed E-state index contributed by atoms with van der Waals surface area (Å²) in [7, 11) is 0. The standard InChI is InChI=1S/C21H19F3N6O/c22-21(23,24)16-3-1-15(2-4-16)20(31)30-13-11-29(12-14-30)19-6-5-18(27-28-19)26-17-7-9-25-10-8-17/h1-10H,11-14H2,(H,25,26,27). The van der Waals surface area contributed by atoms with Gasteiger partial charge in [0.2, 0.25) is 0 Å². The summed E-state index contributed by atoms with van der Waals surface area (Å²) in [5.74, 6) is 1.02. The molecule has 0 bridgehead atoms. The summed E-state index contributed by atoms with van der Waals surface area (Å²) in [6, 6.07) is 11.6. The minimum Gasteiger partial charge on any atom is -0.352 e. The SMILES string of the molecule is O=C(c1ccc(C(F)(F)F)cc1)N1CCN(c2ccc(Nc3ccncc3)nn2)CC1. The predicted octanol–water partition coefficient (Wildman–Crippen LogP) is 3.60. The van der Waals surface area contributed by atoms with Gasteiger partial charge < -0.3 is 15.1 Å². The molecule has 3 aromatic rings. The molecule has 0 radical (unpaired) electrons.